The molecule has 2 aromatic rings. The molecule has 0 radical (unpaired) electrons. The number of amides is 1. The molecule has 176 valence electrons. The van der Waals surface area contributed by atoms with Gasteiger partial charge in [-0.1, -0.05) is 6.07 Å². The fourth-order valence-electron chi connectivity index (χ4n) is 2.67. The molecule has 0 aliphatic rings. The molecule has 0 fully saturated rings. The first-order valence-corrected chi connectivity index (χ1v) is 10.8. The Hall–Kier alpha value is -2.96. The van der Waals surface area contributed by atoms with Crippen molar-refractivity contribution >= 4 is 27.3 Å². The largest absolute Gasteiger partial charge is 0.573 e. The zero-order valence-corrected chi connectivity index (χ0v) is 17.3. The van der Waals surface area contributed by atoms with Gasteiger partial charge in [-0.15, -0.1) is 13.2 Å². The number of sulfonamides is 1. The lowest BCUT2D eigenvalue weighted by Gasteiger charge is -2.23. The van der Waals surface area contributed by atoms with Crippen molar-refractivity contribution in [3.05, 3.63) is 54.1 Å². The Morgan fingerprint density at radius 2 is 1.66 bits per heavy atom. The van der Waals surface area contributed by atoms with Gasteiger partial charge >= 0.3 is 12.5 Å². The minimum Gasteiger partial charge on any atom is -0.406 e. The standard InChI is InChI=1S/C19H18F6N2O4S/c1-32(29,30)27(15-5-2-4-13(12-15)18(20,21)22)11-3-6-17(28)26-14-7-9-16(10-8-14)31-19(23,24)25/h2,4-5,7-10,12H,3,6,11H2,1H3,(H,26,28). The fourth-order valence-corrected chi connectivity index (χ4v) is 3.63. The average Bonchev–Trinajstić information content (AvgIpc) is 2.64. The maximum Gasteiger partial charge on any atom is 0.573 e. The second kappa shape index (κ2) is 9.67. The van der Waals surface area contributed by atoms with Crippen LogP contribution >= 0.6 is 0 Å². The number of rotatable bonds is 8. The van der Waals surface area contributed by atoms with Crippen LogP contribution in [0.4, 0.5) is 37.7 Å². The molecule has 0 aliphatic carbocycles. The van der Waals surface area contributed by atoms with Crippen molar-refractivity contribution in [1.29, 1.82) is 0 Å². The number of ether oxygens (including phenoxy) is 1. The van der Waals surface area contributed by atoms with Crippen LogP contribution in [0.15, 0.2) is 48.5 Å². The van der Waals surface area contributed by atoms with E-state index in [0.717, 1.165) is 34.8 Å². The number of carbonyl (C=O) groups is 1. The van der Waals surface area contributed by atoms with Crippen LogP contribution in [0.2, 0.25) is 0 Å². The van der Waals surface area contributed by atoms with Crippen LogP contribution in [0.3, 0.4) is 0 Å². The van der Waals surface area contributed by atoms with Gasteiger partial charge in [-0.05, 0) is 48.9 Å². The second-order valence-electron chi connectivity index (χ2n) is 6.61. The van der Waals surface area contributed by atoms with Crippen LogP contribution in [0.25, 0.3) is 0 Å². The number of hydrogen-bond donors (Lipinski definition) is 1. The molecule has 2 aromatic carbocycles. The molecule has 6 nitrogen and oxygen atoms in total. The predicted molar refractivity (Wildman–Crippen MR) is 105 cm³/mol. The molecule has 0 bridgehead atoms. The number of nitrogens with zero attached hydrogens (tertiary/aromatic N) is 1. The van der Waals surface area contributed by atoms with Gasteiger partial charge in [-0.3, -0.25) is 9.10 Å². The highest BCUT2D eigenvalue weighted by Gasteiger charge is 2.32. The summed E-state index contributed by atoms with van der Waals surface area (Å²) < 4.78 is 104. The molecule has 0 aliphatic heterocycles. The van der Waals surface area contributed by atoms with E-state index >= 15 is 0 Å². The van der Waals surface area contributed by atoms with E-state index in [-0.39, 0.29) is 30.8 Å². The van der Waals surface area contributed by atoms with Gasteiger partial charge in [0.25, 0.3) is 0 Å². The third kappa shape index (κ3) is 7.94. The SMILES string of the molecule is CS(=O)(=O)N(CCCC(=O)Nc1ccc(OC(F)(F)F)cc1)c1cccc(C(F)(F)F)c1. The van der Waals surface area contributed by atoms with Crippen LogP contribution in [0.5, 0.6) is 5.75 Å². The Balaban J connectivity index is 1.98. The lowest BCUT2D eigenvalue weighted by atomic mass is 10.2. The molecule has 0 atom stereocenters. The molecule has 0 unspecified atom stereocenters. The van der Waals surface area contributed by atoms with Crippen molar-refractivity contribution in [3.63, 3.8) is 0 Å². The maximum absolute atomic E-state index is 12.9. The third-order valence-electron chi connectivity index (χ3n) is 4.00. The van der Waals surface area contributed by atoms with E-state index in [1.54, 1.807) is 0 Å². The molecule has 0 saturated carbocycles. The number of carbonyl (C=O) groups excluding carboxylic acids is 1. The van der Waals surface area contributed by atoms with E-state index in [2.05, 4.69) is 10.1 Å². The first-order chi connectivity index (χ1) is 14.6. The number of halogens is 6. The minimum absolute atomic E-state index is 0.0234. The molecule has 0 saturated heterocycles. The lowest BCUT2D eigenvalue weighted by Crippen LogP contribution is -2.31. The Labute approximate surface area is 179 Å². The zero-order valence-electron chi connectivity index (χ0n) is 16.5. The monoisotopic (exact) mass is 484 g/mol. The van der Waals surface area contributed by atoms with Gasteiger partial charge in [-0.2, -0.15) is 13.2 Å². The summed E-state index contributed by atoms with van der Waals surface area (Å²) in [6.07, 6.45) is -8.89. The summed E-state index contributed by atoms with van der Waals surface area (Å²) >= 11 is 0. The molecule has 0 spiro atoms. The summed E-state index contributed by atoms with van der Waals surface area (Å²) in [4.78, 5) is 12.0. The highest BCUT2D eigenvalue weighted by Crippen LogP contribution is 2.32. The maximum atomic E-state index is 12.9. The van der Waals surface area contributed by atoms with Gasteiger partial charge in [0.2, 0.25) is 15.9 Å². The Morgan fingerprint density at radius 1 is 1.03 bits per heavy atom. The van der Waals surface area contributed by atoms with E-state index in [1.807, 2.05) is 0 Å². The normalized spacial score (nSPS) is 12.3. The minimum atomic E-state index is -4.85. The van der Waals surface area contributed by atoms with Gasteiger partial charge in [-0.25, -0.2) is 8.42 Å². The van der Waals surface area contributed by atoms with Crippen LogP contribution in [0, 0.1) is 0 Å². The fraction of sp³-hybridized carbons (Fsp3) is 0.316. The average molecular weight is 484 g/mol. The molecule has 1 amide bonds. The van der Waals surface area contributed by atoms with Crippen LogP contribution in [0.1, 0.15) is 18.4 Å². The molecule has 2 rings (SSSR count). The number of benzene rings is 2. The first-order valence-electron chi connectivity index (χ1n) is 8.96. The van der Waals surface area contributed by atoms with Crippen molar-refractivity contribution in [1.82, 2.24) is 0 Å². The number of anilines is 2. The van der Waals surface area contributed by atoms with E-state index in [1.165, 1.54) is 18.2 Å². The summed E-state index contributed by atoms with van der Waals surface area (Å²) in [7, 11) is -3.93. The number of hydrogen-bond acceptors (Lipinski definition) is 4. The third-order valence-corrected chi connectivity index (χ3v) is 5.19. The molecule has 32 heavy (non-hydrogen) atoms. The molecular weight excluding hydrogens is 466 g/mol. The Kier molecular flexibility index (Phi) is 7.65. The Morgan fingerprint density at radius 3 is 2.19 bits per heavy atom. The zero-order chi connectivity index (χ0) is 24.2. The highest BCUT2D eigenvalue weighted by atomic mass is 32.2. The van der Waals surface area contributed by atoms with E-state index in [4.69, 9.17) is 0 Å². The molecule has 13 heteroatoms. The quantitative estimate of drug-likeness (QED) is 0.547. The number of alkyl halides is 6. The van der Waals surface area contributed by atoms with Gasteiger partial charge in [0, 0.05) is 18.7 Å². The Bertz CT molecular complexity index is 1040. The highest BCUT2D eigenvalue weighted by molar-refractivity contribution is 7.92. The van der Waals surface area contributed by atoms with Crippen molar-refractivity contribution < 1.29 is 44.3 Å². The predicted octanol–water partition coefficient (Wildman–Crippen LogP) is 4.79. The van der Waals surface area contributed by atoms with E-state index in [9.17, 15) is 39.6 Å². The number of nitrogens with one attached hydrogen (secondary N) is 1. The summed E-state index contributed by atoms with van der Waals surface area (Å²) in [5.41, 5.74) is -1.02. The summed E-state index contributed by atoms with van der Waals surface area (Å²) in [5, 5.41) is 2.42. The molecular formula is C19H18F6N2O4S. The van der Waals surface area contributed by atoms with Gasteiger partial charge in [0.15, 0.2) is 0 Å². The molecule has 0 heterocycles. The summed E-state index contributed by atoms with van der Waals surface area (Å²) in [5.74, 6) is -1.03. The van der Waals surface area contributed by atoms with Gasteiger partial charge in [0.05, 0.1) is 17.5 Å². The van der Waals surface area contributed by atoms with Crippen LogP contribution < -0.4 is 14.4 Å². The van der Waals surface area contributed by atoms with Gasteiger partial charge < -0.3 is 10.1 Å². The van der Waals surface area contributed by atoms with Crippen LogP contribution in [-0.4, -0.2) is 33.5 Å². The van der Waals surface area contributed by atoms with E-state index < -0.39 is 39.8 Å². The second-order valence-corrected chi connectivity index (χ2v) is 8.51. The summed E-state index contributed by atoms with van der Waals surface area (Å²) in [6.45, 7) is -0.258. The van der Waals surface area contributed by atoms with Crippen molar-refractivity contribution in [3.8, 4) is 5.75 Å². The first kappa shape index (κ1) is 25.3. The van der Waals surface area contributed by atoms with Crippen molar-refractivity contribution in [2.24, 2.45) is 0 Å². The van der Waals surface area contributed by atoms with Gasteiger partial charge in [0.1, 0.15) is 5.75 Å². The van der Waals surface area contributed by atoms with E-state index in [0.29, 0.717) is 6.07 Å². The summed E-state index contributed by atoms with van der Waals surface area (Å²) in [6, 6.07) is 8.17. The molecule has 1 N–H and O–H groups in total. The van der Waals surface area contributed by atoms with Crippen molar-refractivity contribution in [2.45, 2.75) is 25.4 Å². The molecule has 0 aromatic heterocycles. The lowest BCUT2D eigenvalue weighted by molar-refractivity contribution is -0.274. The smallest absolute Gasteiger partial charge is 0.406 e. The van der Waals surface area contributed by atoms with Crippen molar-refractivity contribution in [2.75, 3.05) is 22.4 Å². The van der Waals surface area contributed by atoms with Crippen LogP contribution in [-0.2, 0) is 21.0 Å². The topological polar surface area (TPSA) is 75.7 Å².